The molecule has 8 heteroatoms. The fourth-order valence-electron chi connectivity index (χ4n) is 4.64. The normalized spacial score (nSPS) is 18.2. The molecule has 4 rings (SSSR count). The summed E-state index contributed by atoms with van der Waals surface area (Å²) in [6.07, 6.45) is 2.50. The number of carbonyl (C=O) groups is 2. The molecule has 2 aromatic carbocycles. The summed E-state index contributed by atoms with van der Waals surface area (Å²) in [5.74, 6) is 0.121. The van der Waals surface area contributed by atoms with Gasteiger partial charge < -0.3 is 10.2 Å². The number of hydrogen-bond acceptors (Lipinski definition) is 5. The smallest absolute Gasteiger partial charge is 0.264 e. The average Bonchev–Trinajstić information content (AvgIpc) is 3.23. The molecule has 1 unspecified atom stereocenters. The Bertz CT molecular complexity index is 1180. The Hall–Kier alpha value is -2.87. The summed E-state index contributed by atoms with van der Waals surface area (Å²) in [6, 6.07) is 12.5. The Kier molecular flexibility index (Phi) is 6.98. The van der Waals surface area contributed by atoms with Crippen molar-refractivity contribution in [3.63, 3.8) is 0 Å². The fraction of sp³-hybridized carbons (Fsp3) is 0.462. The monoisotopic (exact) mass is 483 g/mol. The van der Waals surface area contributed by atoms with Gasteiger partial charge in [-0.1, -0.05) is 32.9 Å². The van der Waals surface area contributed by atoms with Crippen molar-refractivity contribution in [1.29, 1.82) is 0 Å². The van der Waals surface area contributed by atoms with Crippen LogP contribution in [0.4, 0.5) is 11.4 Å². The van der Waals surface area contributed by atoms with E-state index in [2.05, 4.69) is 17.1 Å². The van der Waals surface area contributed by atoms with Crippen molar-refractivity contribution in [3.8, 4) is 0 Å². The van der Waals surface area contributed by atoms with Crippen molar-refractivity contribution in [3.05, 3.63) is 53.6 Å². The summed E-state index contributed by atoms with van der Waals surface area (Å²) in [5, 5.41) is 2.97. The number of aryl methyl sites for hydroxylation is 1. The zero-order valence-electron chi connectivity index (χ0n) is 20.1. The molecule has 2 aliphatic heterocycles. The van der Waals surface area contributed by atoms with Gasteiger partial charge >= 0.3 is 0 Å². The molecule has 1 amide bonds. The number of benzene rings is 2. The van der Waals surface area contributed by atoms with E-state index in [4.69, 9.17) is 0 Å². The number of fused-ring (bicyclic) bond motifs is 1. The maximum absolute atomic E-state index is 13.8. The molecule has 2 aliphatic rings. The van der Waals surface area contributed by atoms with E-state index in [1.807, 2.05) is 38.1 Å². The van der Waals surface area contributed by atoms with Crippen LogP contribution in [0.3, 0.4) is 0 Å². The van der Waals surface area contributed by atoms with Gasteiger partial charge in [0.2, 0.25) is 5.91 Å². The quantitative estimate of drug-likeness (QED) is 0.618. The number of nitrogens with one attached hydrogen (secondary N) is 1. The highest BCUT2D eigenvalue weighted by Crippen LogP contribution is 2.33. The summed E-state index contributed by atoms with van der Waals surface area (Å²) in [6.45, 7) is 7.55. The Morgan fingerprint density at radius 2 is 1.82 bits per heavy atom. The molecular formula is C26H33N3O4S. The topological polar surface area (TPSA) is 86.8 Å². The number of Topliss-reactive ketones (excluding diaryl/α,β-unsaturated/α-hetero) is 1. The molecule has 0 bridgehead atoms. The van der Waals surface area contributed by atoms with E-state index >= 15 is 0 Å². The van der Waals surface area contributed by atoms with Crippen LogP contribution in [0.25, 0.3) is 0 Å². The predicted octanol–water partition coefficient (Wildman–Crippen LogP) is 3.77. The summed E-state index contributed by atoms with van der Waals surface area (Å²) < 4.78 is 29.0. The van der Waals surface area contributed by atoms with E-state index in [9.17, 15) is 18.0 Å². The summed E-state index contributed by atoms with van der Waals surface area (Å²) in [7, 11) is -3.87. The zero-order chi connectivity index (χ0) is 24.5. The first kappa shape index (κ1) is 24.3. The van der Waals surface area contributed by atoms with Gasteiger partial charge in [0.15, 0.2) is 5.78 Å². The highest BCUT2D eigenvalue weighted by atomic mass is 32.2. The number of sulfonamides is 1. The van der Waals surface area contributed by atoms with Gasteiger partial charge in [0, 0.05) is 49.8 Å². The molecule has 1 N–H and O–H groups in total. The van der Waals surface area contributed by atoms with Gasteiger partial charge in [-0.15, -0.1) is 0 Å². The number of rotatable bonds is 8. The van der Waals surface area contributed by atoms with Gasteiger partial charge in [-0.2, -0.15) is 0 Å². The Morgan fingerprint density at radius 3 is 2.44 bits per heavy atom. The van der Waals surface area contributed by atoms with E-state index in [-0.39, 0.29) is 28.5 Å². The van der Waals surface area contributed by atoms with Crippen molar-refractivity contribution in [2.75, 3.05) is 28.8 Å². The van der Waals surface area contributed by atoms with Crippen LogP contribution in [0.1, 0.15) is 56.0 Å². The number of carbonyl (C=O) groups excluding carboxylic acids is 2. The predicted molar refractivity (Wildman–Crippen MR) is 134 cm³/mol. The molecule has 2 heterocycles. The summed E-state index contributed by atoms with van der Waals surface area (Å²) >= 11 is 0. The van der Waals surface area contributed by atoms with Crippen LogP contribution in [0.5, 0.6) is 0 Å². The lowest BCUT2D eigenvalue weighted by atomic mass is 9.99. The van der Waals surface area contributed by atoms with Gasteiger partial charge in [0.05, 0.1) is 10.6 Å². The average molecular weight is 484 g/mol. The second-order valence-corrected chi connectivity index (χ2v) is 11.4. The van der Waals surface area contributed by atoms with Crippen LogP contribution in [-0.2, 0) is 21.2 Å². The third-order valence-electron chi connectivity index (χ3n) is 6.50. The molecule has 34 heavy (non-hydrogen) atoms. The van der Waals surface area contributed by atoms with Crippen molar-refractivity contribution in [2.24, 2.45) is 5.92 Å². The number of amides is 1. The lowest BCUT2D eigenvalue weighted by Gasteiger charge is -2.33. The second-order valence-electron chi connectivity index (χ2n) is 9.55. The molecule has 7 nitrogen and oxygen atoms in total. The molecule has 0 spiro atoms. The SMILES string of the molecule is CCc1ccc(N(CC(C)C)S(=O)(=O)c2ccc3c(c2)C(=O)CCN3CC2CCC(=O)N2)cc1. The molecule has 0 radical (unpaired) electrons. The summed E-state index contributed by atoms with van der Waals surface area (Å²) in [4.78, 5) is 26.6. The van der Waals surface area contributed by atoms with Crippen LogP contribution in [0.15, 0.2) is 47.4 Å². The molecule has 1 fully saturated rings. The van der Waals surface area contributed by atoms with Crippen LogP contribution in [0, 0.1) is 5.92 Å². The third-order valence-corrected chi connectivity index (χ3v) is 8.29. The molecule has 0 aromatic heterocycles. The first-order chi connectivity index (χ1) is 16.2. The number of anilines is 2. The minimum absolute atomic E-state index is 0.0459. The largest absolute Gasteiger partial charge is 0.368 e. The zero-order valence-corrected chi connectivity index (χ0v) is 20.9. The van der Waals surface area contributed by atoms with Crippen molar-refractivity contribution >= 4 is 33.1 Å². The molecular weight excluding hydrogens is 450 g/mol. The molecule has 1 atom stereocenters. The molecule has 0 aliphatic carbocycles. The minimum atomic E-state index is -3.87. The van der Waals surface area contributed by atoms with Crippen LogP contribution >= 0.6 is 0 Å². The first-order valence-corrected chi connectivity index (χ1v) is 13.5. The fourth-order valence-corrected chi connectivity index (χ4v) is 6.29. The molecule has 0 saturated carbocycles. The Morgan fingerprint density at radius 1 is 1.09 bits per heavy atom. The molecule has 182 valence electrons. The van der Waals surface area contributed by atoms with E-state index < -0.39 is 10.0 Å². The standard InChI is InChI=1S/C26H33N3O4S/c1-4-19-5-8-21(9-6-19)29(16-18(2)3)34(32,33)22-10-11-24-23(15-22)25(30)13-14-28(24)17-20-7-12-26(31)27-20/h5-6,8-11,15,18,20H,4,7,12-14,16-17H2,1-3H3,(H,27,31). The first-order valence-electron chi connectivity index (χ1n) is 12.0. The van der Waals surface area contributed by atoms with Crippen LogP contribution < -0.4 is 14.5 Å². The van der Waals surface area contributed by atoms with E-state index in [1.165, 1.54) is 10.4 Å². The van der Waals surface area contributed by atoms with Gasteiger partial charge in [-0.3, -0.25) is 13.9 Å². The lowest BCUT2D eigenvalue weighted by Crippen LogP contribution is -2.42. The third kappa shape index (κ3) is 4.97. The van der Waals surface area contributed by atoms with Crippen LogP contribution in [-0.4, -0.2) is 45.8 Å². The van der Waals surface area contributed by atoms with Crippen molar-refractivity contribution < 1.29 is 18.0 Å². The second kappa shape index (κ2) is 9.78. The van der Waals surface area contributed by atoms with E-state index in [0.717, 1.165) is 24.1 Å². The summed E-state index contributed by atoms with van der Waals surface area (Å²) in [5.41, 5.74) is 2.93. The molecule has 1 saturated heterocycles. The number of hydrogen-bond donors (Lipinski definition) is 1. The van der Waals surface area contributed by atoms with E-state index in [1.54, 1.807) is 12.1 Å². The number of ketones is 1. The number of nitrogens with zero attached hydrogens (tertiary/aromatic N) is 2. The van der Waals surface area contributed by atoms with Gasteiger partial charge in [0.1, 0.15) is 0 Å². The Labute approximate surface area is 202 Å². The Balaban J connectivity index is 1.67. The van der Waals surface area contributed by atoms with Gasteiger partial charge in [-0.05, 0) is 54.7 Å². The lowest BCUT2D eigenvalue weighted by molar-refractivity contribution is -0.119. The van der Waals surface area contributed by atoms with Crippen LogP contribution in [0.2, 0.25) is 0 Å². The van der Waals surface area contributed by atoms with Gasteiger partial charge in [0.25, 0.3) is 10.0 Å². The van der Waals surface area contributed by atoms with Crippen molar-refractivity contribution in [2.45, 2.75) is 57.4 Å². The van der Waals surface area contributed by atoms with Gasteiger partial charge in [-0.25, -0.2) is 8.42 Å². The maximum atomic E-state index is 13.8. The van der Waals surface area contributed by atoms with Crippen molar-refractivity contribution in [1.82, 2.24) is 5.32 Å². The highest BCUT2D eigenvalue weighted by Gasteiger charge is 2.31. The minimum Gasteiger partial charge on any atom is -0.368 e. The molecule has 2 aromatic rings. The van der Waals surface area contributed by atoms with E-state index in [0.29, 0.717) is 43.7 Å². The highest BCUT2D eigenvalue weighted by molar-refractivity contribution is 7.92. The maximum Gasteiger partial charge on any atom is 0.264 e.